The first-order chi connectivity index (χ1) is 8.69. The average Bonchev–Trinajstić information content (AvgIpc) is 2.39. The molecule has 0 spiro atoms. The standard InChI is InChI=1S/C15H13Br3/c16-10-13(12-3-7-15(18)8-4-12)9-11-1-5-14(17)6-2-11/h1-8,13H,9-10H2. The van der Waals surface area contributed by atoms with Gasteiger partial charge in [0.15, 0.2) is 0 Å². The summed E-state index contributed by atoms with van der Waals surface area (Å²) in [5.74, 6) is 0.513. The molecular weight excluding hydrogens is 420 g/mol. The maximum Gasteiger partial charge on any atom is 0.0175 e. The van der Waals surface area contributed by atoms with Crippen molar-refractivity contribution in [2.45, 2.75) is 12.3 Å². The van der Waals surface area contributed by atoms with Crippen molar-refractivity contribution < 1.29 is 0 Å². The molecule has 0 saturated carbocycles. The van der Waals surface area contributed by atoms with Crippen molar-refractivity contribution in [3.05, 3.63) is 68.6 Å². The second kappa shape index (κ2) is 6.88. The Hall–Kier alpha value is -0.120. The molecule has 2 rings (SSSR count). The Kier molecular flexibility index (Phi) is 5.46. The molecule has 0 aliphatic rings. The molecule has 0 fully saturated rings. The van der Waals surface area contributed by atoms with E-state index in [0.717, 1.165) is 20.7 Å². The molecule has 3 heteroatoms. The summed E-state index contributed by atoms with van der Waals surface area (Å²) in [6.07, 6.45) is 1.06. The Morgan fingerprint density at radius 3 is 1.78 bits per heavy atom. The largest absolute Gasteiger partial charge is 0.0921 e. The maximum absolute atomic E-state index is 3.62. The minimum Gasteiger partial charge on any atom is -0.0921 e. The fourth-order valence-corrected chi connectivity index (χ4v) is 3.03. The third-order valence-electron chi connectivity index (χ3n) is 2.92. The first kappa shape index (κ1) is 14.3. The van der Waals surface area contributed by atoms with E-state index in [2.05, 4.69) is 96.3 Å². The highest BCUT2D eigenvalue weighted by molar-refractivity contribution is 9.10. The number of benzene rings is 2. The van der Waals surface area contributed by atoms with Crippen molar-refractivity contribution in [2.24, 2.45) is 0 Å². The van der Waals surface area contributed by atoms with E-state index in [4.69, 9.17) is 0 Å². The lowest BCUT2D eigenvalue weighted by atomic mass is 9.94. The average molecular weight is 433 g/mol. The summed E-state index contributed by atoms with van der Waals surface area (Å²) in [5.41, 5.74) is 2.74. The summed E-state index contributed by atoms with van der Waals surface area (Å²) in [7, 11) is 0. The van der Waals surface area contributed by atoms with Gasteiger partial charge in [0.25, 0.3) is 0 Å². The van der Waals surface area contributed by atoms with E-state index < -0.39 is 0 Å². The first-order valence-electron chi connectivity index (χ1n) is 5.75. The topological polar surface area (TPSA) is 0 Å². The predicted molar refractivity (Wildman–Crippen MR) is 88.5 cm³/mol. The molecule has 94 valence electrons. The minimum absolute atomic E-state index is 0.513. The molecule has 0 bridgehead atoms. The molecule has 0 N–H and O–H groups in total. The van der Waals surface area contributed by atoms with Gasteiger partial charge in [0, 0.05) is 14.3 Å². The molecule has 2 aromatic carbocycles. The molecule has 0 nitrogen and oxygen atoms in total. The SMILES string of the molecule is BrCC(Cc1ccc(Br)cc1)c1ccc(Br)cc1. The molecule has 0 radical (unpaired) electrons. The molecule has 0 aromatic heterocycles. The number of hydrogen-bond acceptors (Lipinski definition) is 0. The fourth-order valence-electron chi connectivity index (χ4n) is 1.90. The Balaban J connectivity index is 2.14. The van der Waals surface area contributed by atoms with Gasteiger partial charge in [-0.15, -0.1) is 0 Å². The van der Waals surface area contributed by atoms with E-state index in [1.807, 2.05) is 0 Å². The molecule has 0 amide bonds. The third-order valence-corrected chi connectivity index (χ3v) is 4.76. The van der Waals surface area contributed by atoms with Crippen molar-refractivity contribution in [2.75, 3.05) is 5.33 Å². The summed E-state index contributed by atoms with van der Waals surface area (Å²) in [5, 5.41) is 0.977. The van der Waals surface area contributed by atoms with E-state index in [9.17, 15) is 0 Å². The van der Waals surface area contributed by atoms with Crippen LogP contribution in [0.5, 0.6) is 0 Å². The third kappa shape index (κ3) is 3.94. The van der Waals surface area contributed by atoms with Crippen molar-refractivity contribution >= 4 is 47.8 Å². The molecule has 0 saturated heterocycles. The lowest BCUT2D eigenvalue weighted by Gasteiger charge is -2.15. The number of halogens is 3. The Bertz CT molecular complexity index is 488. The fraction of sp³-hybridized carbons (Fsp3) is 0.200. The van der Waals surface area contributed by atoms with Crippen molar-refractivity contribution in [3.8, 4) is 0 Å². The van der Waals surface area contributed by atoms with Crippen LogP contribution in [-0.2, 0) is 6.42 Å². The second-order valence-electron chi connectivity index (χ2n) is 4.23. The Labute approximate surface area is 133 Å². The van der Waals surface area contributed by atoms with E-state index in [1.165, 1.54) is 11.1 Å². The molecule has 0 aliphatic heterocycles. The van der Waals surface area contributed by atoms with Crippen LogP contribution in [0.2, 0.25) is 0 Å². The Morgan fingerprint density at radius 1 is 0.778 bits per heavy atom. The van der Waals surface area contributed by atoms with E-state index in [-0.39, 0.29) is 0 Å². The van der Waals surface area contributed by atoms with Crippen LogP contribution in [0.4, 0.5) is 0 Å². The second-order valence-corrected chi connectivity index (χ2v) is 6.71. The molecule has 2 aromatic rings. The molecule has 18 heavy (non-hydrogen) atoms. The summed E-state index contributed by atoms with van der Waals surface area (Å²) >= 11 is 10.6. The van der Waals surface area contributed by atoms with Crippen LogP contribution in [0.25, 0.3) is 0 Å². The maximum atomic E-state index is 3.62. The molecule has 1 atom stereocenters. The van der Waals surface area contributed by atoms with Crippen LogP contribution in [-0.4, -0.2) is 5.33 Å². The highest BCUT2D eigenvalue weighted by atomic mass is 79.9. The minimum atomic E-state index is 0.513. The zero-order valence-corrected chi connectivity index (χ0v) is 14.5. The number of rotatable bonds is 4. The quantitative estimate of drug-likeness (QED) is 0.525. The number of alkyl halides is 1. The number of hydrogen-bond donors (Lipinski definition) is 0. The summed E-state index contributed by atoms with van der Waals surface area (Å²) in [4.78, 5) is 0. The molecular formula is C15H13Br3. The van der Waals surface area contributed by atoms with E-state index in [1.54, 1.807) is 0 Å². The first-order valence-corrected chi connectivity index (χ1v) is 8.45. The van der Waals surface area contributed by atoms with Crippen LogP contribution >= 0.6 is 47.8 Å². The lowest BCUT2D eigenvalue weighted by molar-refractivity contribution is 0.775. The van der Waals surface area contributed by atoms with E-state index in [0.29, 0.717) is 5.92 Å². The van der Waals surface area contributed by atoms with Crippen LogP contribution in [0.3, 0.4) is 0 Å². The highest BCUT2D eigenvalue weighted by Crippen LogP contribution is 2.25. The van der Waals surface area contributed by atoms with Gasteiger partial charge in [-0.3, -0.25) is 0 Å². The van der Waals surface area contributed by atoms with Gasteiger partial charge in [-0.05, 0) is 47.7 Å². The van der Waals surface area contributed by atoms with Gasteiger partial charge in [-0.2, -0.15) is 0 Å². The molecule has 1 unspecified atom stereocenters. The monoisotopic (exact) mass is 430 g/mol. The van der Waals surface area contributed by atoms with Crippen molar-refractivity contribution in [1.29, 1.82) is 0 Å². The highest BCUT2D eigenvalue weighted by Gasteiger charge is 2.10. The van der Waals surface area contributed by atoms with Crippen LogP contribution in [0, 0.1) is 0 Å². The van der Waals surface area contributed by atoms with Crippen LogP contribution < -0.4 is 0 Å². The Morgan fingerprint density at radius 2 is 1.28 bits per heavy atom. The van der Waals surface area contributed by atoms with Crippen molar-refractivity contribution in [3.63, 3.8) is 0 Å². The lowest BCUT2D eigenvalue weighted by Crippen LogP contribution is -2.04. The molecule has 0 aliphatic carbocycles. The molecule has 0 heterocycles. The van der Waals surface area contributed by atoms with Gasteiger partial charge in [-0.1, -0.05) is 72.1 Å². The van der Waals surface area contributed by atoms with E-state index >= 15 is 0 Å². The zero-order valence-electron chi connectivity index (χ0n) is 9.74. The summed E-state index contributed by atoms with van der Waals surface area (Å²) in [6.45, 7) is 0. The van der Waals surface area contributed by atoms with Gasteiger partial charge in [-0.25, -0.2) is 0 Å². The zero-order chi connectivity index (χ0) is 13.0. The van der Waals surface area contributed by atoms with Gasteiger partial charge >= 0.3 is 0 Å². The van der Waals surface area contributed by atoms with Gasteiger partial charge < -0.3 is 0 Å². The van der Waals surface area contributed by atoms with Gasteiger partial charge in [0.1, 0.15) is 0 Å². The van der Waals surface area contributed by atoms with Gasteiger partial charge in [0.2, 0.25) is 0 Å². The summed E-state index contributed by atoms with van der Waals surface area (Å²) in [6, 6.07) is 17.1. The van der Waals surface area contributed by atoms with Crippen LogP contribution in [0.15, 0.2) is 57.5 Å². The normalized spacial score (nSPS) is 12.4. The smallest absolute Gasteiger partial charge is 0.0175 e. The van der Waals surface area contributed by atoms with Gasteiger partial charge in [0.05, 0.1) is 0 Å². The van der Waals surface area contributed by atoms with Crippen LogP contribution in [0.1, 0.15) is 17.0 Å². The predicted octanol–water partition coefficient (Wildman–Crippen LogP) is 5.93. The summed E-state index contributed by atoms with van der Waals surface area (Å²) < 4.78 is 2.26. The van der Waals surface area contributed by atoms with Crippen molar-refractivity contribution in [1.82, 2.24) is 0 Å².